The number of amides is 2. The Morgan fingerprint density at radius 3 is 2.28 bits per heavy atom. The van der Waals surface area contributed by atoms with E-state index in [2.05, 4.69) is 29.7 Å². The minimum Gasteiger partial charge on any atom is -0.481 e. The number of nitrogens with one attached hydrogen (secondary N) is 2. The van der Waals surface area contributed by atoms with E-state index in [1.54, 1.807) is 18.2 Å². The van der Waals surface area contributed by atoms with Crippen molar-refractivity contribution in [2.75, 3.05) is 12.3 Å². The van der Waals surface area contributed by atoms with Gasteiger partial charge >= 0.3 is 11.9 Å². The van der Waals surface area contributed by atoms with Gasteiger partial charge in [-0.25, -0.2) is 0 Å². The number of ketones is 1. The van der Waals surface area contributed by atoms with Gasteiger partial charge in [-0.1, -0.05) is 68.4 Å². The van der Waals surface area contributed by atoms with E-state index in [4.69, 9.17) is 15.9 Å². The molecule has 0 aliphatic heterocycles. The number of carboxylic acid groups (broad SMARTS) is 2. The molecule has 0 heterocycles. The molecule has 4 atom stereocenters. The van der Waals surface area contributed by atoms with Crippen molar-refractivity contribution in [3.63, 3.8) is 0 Å². The second-order valence-electron chi connectivity index (χ2n) is 10.1. The van der Waals surface area contributed by atoms with Crippen LogP contribution in [0.25, 0.3) is 0 Å². The number of thioether (sulfide) groups is 1. The molecule has 12 heteroatoms. The maximum atomic E-state index is 12.8. The van der Waals surface area contributed by atoms with Gasteiger partial charge in [0.25, 0.3) is 0 Å². The predicted molar refractivity (Wildman–Crippen MR) is 170 cm³/mol. The molecule has 0 aliphatic rings. The first-order valence-corrected chi connectivity index (χ1v) is 15.7. The largest absolute Gasteiger partial charge is 0.481 e. The lowest BCUT2D eigenvalue weighted by atomic mass is 10.1. The van der Waals surface area contributed by atoms with Crippen LogP contribution in [0.5, 0.6) is 0 Å². The lowest BCUT2D eigenvalue weighted by Gasteiger charge is -2.23. The Kier molecular flexibility index (Phi) is 23.4. The number of aliphatic carboxylic acids is 2. The van der Waals surface area contributed by atoms with Crippen molar-refractivity contribution in [3.05, 3.63) is 48.6 Å². The molecule has 0 saturated carbocycles. The molecule has 43 heavy (non-hydrogen) atoms. The quantitative estimate of drug-likeness (QED) is 0.0499. The summed E-state index contributed by atoms with van der Waals surface area (Å²) in [6.07, 6.45) is 20.0. The first-order valence-electron chi connectivity index (χ1n) is 14.7. The van der Waals surface area contributed by atoms with E-state index in [-0.39, 0.29) is 50.2 Å². The second-order valence-corrected chi connectivity index (χ2v) is 11.3. The highest BCUT2D eigenvalue weighted by molar-refractivity contribution is 8.00. The van der Waals surface area contributed by atoms with Crippen LogP contribution in [0.15, 0.2) is 48.6 Å². The third-order valence-electron chi connectivity index (χ3n) is 6.07. The number of aliphatic hydroxyl groups excluding tert-OH is 1. The standard InChI is InChI=1S/C31H49N3O8S/c1-3-4-5-6-7-8-9-10-11-12-13-14-17-27(26(36)16-15-18-29(38)39)43-22-25(30(40)33-21-23(2)35)34-28(37)20-19-24(32)31(41)42/h7-8,10-14,17,24-27,36H,3-6,9,15-16,18-22,32H2,1-2H3,(H,33,40)(H,34,37)(H,38,39)(H,41,42). The van der Waals surface area contributed by atoms with Gasteiger partial charge in [0, 0.05) is 23.8 Å². The molecular weight excluding hydrogens is 574 g/mol. The summed E-state index contributed by atoms with van der Waals surface area (Å²) < 4.78 is 0. The molecule has 0 aromatic carbocycles. The van der Waals surface area contributed by atoms with Crippen LogP contribution in [0.3, 0.4) is 0 Å². The lowest BCUT2D eigenvalue weighted by Crippen LogP contribution is -2.49. The van der Waals surface area contributed by atoms with Gasteiger partial charge < -0.3 is 31.7 Å². The smallest absolute Gasteiger partial charge is 0.320 e. The van der Waals surface area contributed by atoms with Crippen molar-refractivity contribution < 1.29 is 39.3 Å². The molecule has 0 fully saturated rings. The summed E-state index contributed by atoms with van der Waals surface area (Å²) in [7, 11) is 0. The molecule has 242 valence electrons. The fraction of sp³-hybridized carbons (Fsp3) is 0.581. The summed E-state index contributed by atoms with van der Waals surface area (Å²) in [5.41, 5.74) is 5.46. The number of nitrogens with two attached hydrogens (primary N) is 1. The summed E-state index contributed by atoms with van der Waals surface area (Å²) in [4.78, 5) is 58.4. The van der Waals surface area contributed by atoms with E-state index in [0.29, 0.717) is 0 Å². The monoisotopic (exact) mass is 623 g/mol. The molecule has 2 amide bonds. The first-order chi connectivity index (χ1) is 20.5. The van der Waals surface area contributed by atoms with Gasteiger partial charge in [0.05, 0.1) is 12.6 Å². The summed E-state index contributed by atoms with van der Waals surface area (Å²) in [6.45, 7) is 3.25. The molecule has 7 N–H and O–H groups in total. The SMILES string of the molecule is CCCCCC=CCC=CC=CC=CC(SCC(NC(=O)CCC(N)C(=O)O)C(=O)NCC(C)=O)C(O)CCCC(=O)O. The van der Waals surface area contributed by atoms with Crippen molar-refractivity contribution in [3.8, 4) is 0 Å². The molecular formula is C31H49N3O8S. The van der Waals surface area contributed by atoms with Crippen LogP contribution in [-0.2, 0) is 24.0 Å². The predicted octanol–water partition coefficient (Wildman–Crippen LogP) is 3.28. The maximum Gasteiger partial charge on any atom is 0.320 e. The van der Waals surface area contributed by atoms with E-state index in [1.165, 1.54) is 37.9 Å². The van der Waals surface area contributed by atoms with Crippen LogP contribution in [0, 0.1) is 0 Å². The van der Waals surface area contributed by atoms with Gasteiger partial charge in [0.1, 0.15) is 17.9 Å². The van der Waals surface area contributed by atoms with Crippen molar-refractivity contribution in [1.82, 2.24) is 10.6 Å². The summed E-state index contributed by atoms with van der Waals surface area (Å²) in [6, 6.07) is -2.30. The molecule has 0 aromatic heterocycles. The van der Waals surface area contributed by atoms with Gasteiger partial charge in [-0.3, -0.25) is 24.0 Å². The Morgan fingerprint density at radius 2 is 1.63 bits per heavy atom. The van der Waals surface area contributed by atoms with Crippen LogP contribution in [-0.4, -0.2) is 80.6 Å². The molecule has 11 nitrogen and oxygen atoms in total. The van der Waals surface area contributed by atoms with Gasteiger partial charge in [0.15, 0.2) is 0 Å². The number of hydrogen-bond acceptors (Lipinski definition) is 8. The van der Waals surface area contributed by atoms with E-state index in [9.17, 15) is 29.1 Å². The number of carbonyl (C=O) groups is 5. The zero-order chi connectivity index (χ0) is 32.5. The highest BCUT2D eigenvalue weighted by Gasteiger charge is 2.25. The van der Waals surface area contributed by atoms with E-state index in [0.717, 1.165) is 12.8 Å². The number of unbranched alkanes of at least 4 members (excludes halogenated alkanes) is 3. The number of Topliss-reactive ketones (excluding diaryl/α,β-unsaturated/α-hetero) is 1. The Bertz CT molecular complexity index is 980. The normalized spacial score (nSPS) is 14.7. The van der Waals surface area contributed by atoms with Gasteiger partial charge in [-0.2, -0.15) is 0 Å². The Hall–Kier alpha value is -3.22. The first kappa shape index (κ1) is 39.8. The van der Waals surface area contributed by atoms with Crippen LogP contribution >= 0.6 is 11.8 Å². The number of carbonyl (C=O) groups excluding carboxylic acids is 3. The Balaban J connectivity index is 5.38. The van der Waals surface area contributed by atoms with Crippen LogP contribution in [0.1, 0.15) is 78.1 Å². The molecule has 0 bridgehead atoms. The zero-order valence-electron chi connectivity index (χ0n) is 25.3. The van der Waals surface area contributed by atoms with E-state index < -0.39 is 47.2 Å². The summed E-state index contributed by atoms with van der Waals surface area (Å²) >= 11 is 1.19. The Labute approximate surface area is 259 Å². The van der Waals surface area contributed by atoms with Crippen molar-refractivity contribution in [1.29, 1.82) is 0 Å². The molecule has 0 saturated heterocycles. The summed E-state index contributed by atoms with van der Waals surface area (Å²) in [5, 5.41) is 33.1. The molecule has 0 spiro atoms. The fourth-order valence-corrected chi connectivity index (χ4v) is 4.80. The molecule has 4 unspecified atom stereocenters. The lowest BCUT2D eigenvalue weighted by molar-refractivity contribution is -0.139. The molecule has 0 aromatic rings. The highest BCUT2D eigenvalue weighted by Crippen LogP contribution is 2.22. The summed E-state index contributed by atoms with van der Waals surface area (Å²) in [5.74, 6) is -3.66. The molecule has 0 radical (unpaired) electrons. The number of carboxylic acids is 2. The van der Waals surface area contributed by atoms with Gasteiger partial charge in [-0.05, 0) is 45.4 Å². The number of rotatable bonds is 25. The zero-order valence-corrected chi connectivity index (χ0v) is 26.1. The average Bonchev–Trinajstić information content (AvgIpc) is 2.95. The van der Waals surface area contributed by atoms with Gasteiger partial charge in [-0.15, -0.1) is 11.8 Å². The maximum absolute atomic E-state index is 12.8. The van der Waals surface area contributed by atoms with Crippen LogP contribution < -0.4 is 16.4 Å². The van der Waals surface area contributed by atoms with E-state index in [1.807, 2.05) is 18.2 Å². The van der Waals surface area contributed by atoms with Crippen molar-refractivity contribution in [2.24, 2.45) is 5.73 Å². The van der Waals surface area contributed by atoms with Crippen LogP contribution in [0.2, 0.25) is 0 Å². The molecule has 0 rings (SSSR count). The topological polar surface area (TPSA) is 196 Å². The third kappa shape index (κ3) is 23.0. The average molecular weight is 624 g/mol. The minimum absolute atomic E-state index is 0.0274. The van der Waals surface area contributed by atoms with Crippen molar-refractivity contribution in [2.45, 2.75) is 101 Å². The fourth-order valence-electron chi connectivity index (χ4n) is 3.59. The number of allylic oxidation sites excluding steroid dienone is 7. The number of hydrogen-bond donors (Lipinski definition) is 6. The number of aliphatic hydroxyl groups is 1. The third-order valence-corrected chi connectivity index (χ3v) is 7.45. The second kappa shape index (κ2) is 25.3. The van der Waals surface area contributed by atoms with Crippen molar-refractivity contribution >= 4 is 41.3 Å². The van der Waals surface area contributed by atoms with Crippen LogP contribution in [0.4, 0.5) is 0 Å². The highest BCUT2D eigenvalue weighted by atomic mass is 32.2. The Morgan fingerprint density at radius 1 is 0.907 bits per heavy atom. The minimum atomic E-state index is -1.25. The van der Waals surface area contributed by atoms with E-state index >= 15 is 0 Å². The molecule has 0 aliphatic carbocycles. The van der Waals surface area contributed by atoms with Gasteiger partial charge in [0.2, 0.25) is 11.8 Å².